The Morgan fingerprint density at radius 3 is 1.56 bits per heavy atom. The number of hydrogen-bond acceptors (Lipinski definition) is 3. The molecule has 0 atom stereocenters. The first kappa shape index (κ1) is 37.9. The van der Waals surface area contributed by atoms with Crippen molar-refractivity contribution < 1.29 is 4.42 Å². The highest BCUT2D eigenvalue weighted by Gasteiger charge is 2.24. The largest absolute Gasteiger partial charge is 0.455 e. The number of aromatic nitrogens is 3. The first-order valence-corrected chi connectivity index (χ1v) is 22.8. The van der Waals surface area contributed by atoms with Gasteiger partial charge in [0.2, 0.25) is 0 Å². The molecule has 0 bridgehead atoms. The Morgan fingerprint density at radius 1 is 0.397 bits per heavy atom. The molecule has 0 spiro atoms. The number of benzene rings is 10. The van der Waals surface area contributed by atoms with Crippen LogP contribution < -0.4 is 0 Å². The third-order valence-corrected chi connectivity index (χ3v) is 14.0. The van der Waals surface area contributed by atoms with Gasteiger partial charge < -0.3 is 23.5 Å². The van der Waals surface area contributed by atoms with Crippen molar-refractivity contribution in [3.63, 3.8) is 0 Å². The third-order valence-electron chi connectivity index (χ3n) is 14.0. The summed E-state index contributed by atoms with van der Waals surface area (Å²) in [6, 6.07) is 77.1. The van der Waals surface area contributed by atoms with Gasteiger partial charge in [0.1, 0.15) is 17.2 Å². The molecule has 6 nitrogen and oxygen atoms in total. The van der Waals surface area contributed by atoms with Gasteiger partial charge in [0.05, 0.1) is 55.4 Å². The third kappa shape index (κ3) is 5.42. The van der Waals surface area contributed by atoms with E-state index in [2.05, 4.69) is 202 Å². The molecule has 0 amide bonds. The lowest BCUT2D eigenvalue weighted by Gasteiger charge is -2.17. The molecule has 4 heterocycles. The summed E-state index contributed by atoms with van der Waals surface area (Å²) in [6.45, 7) is 0. The summed E-state index contributed by atoms with van der Waals surface area (Å²) >= 11 is 0. The number of hydrogen-bond donors (Lipinski definition) is 1. The van der Waals surface area contributed by atoms with E-state index in [-0.39, 0.29) is 0 Å². The van der Waals surface area contributed by atoms with Crippen LogP contribution in [0.25, 0.3) is 127 Å². The Balaban J connectivity index is 1.07. The van der Waals surface area contributed by atoms with Crippen molar-refractivity contribution in [3.05, 3.63) is 223 Å². The monoisotopic (exact) mass is 867 g/mol. The fraction of sp³-hybridized carbons (Fsp3) is 0. The summed E-state index contributed by atoms with van der Waals surface area (Å²) < 4.78 is 13.7. The summed E-state index contributed by atoms with van der Waals surface area (Å²) in [4.78, 5) is 0. The number of nitrogens with zero attached hydrogens (tertiary/aromatic N) is 4. The summed E-state index contributed by atoms with van der Waals surface area (Å²) in [5.74, 6) is 0. The molecule has 10 aromatic carbocycles. The van der Waals surface area contributed by atoms with Crippen LogP contribution in [0.1, 0.15) is 11.1 Å². The minimum Gasteiger partial charge on any atom is -0.455 e. The van der Waals surface area contributed by atoms with Crippen molar-refractivity contribution in [1.82, 2.24) is 13.7 Å². The van der Waals surface area contributed by atoms with Crippen LogP contribution in [0.3, 0.4) is 0 Å². The number of fused-ring (bicyclic) bond motifs is 13. The van der Waals surface area contributed by atoms with Gasteiger partial charge in [-0.2, -0.15) is 5.26 Å². The van der Waals surface area contributed by atoms with Crippen LogP contribution >= 0.6 is 0 Å². The van der Waals surface area contributed by atoms with E-state index >= 15 is 0 Å². The molecule has 0 saturated heterocycles. The Hall–Kier alpha value is -9.44. The van der Waals surface area contributed by atoms with Crippen molar-refractivity contribution in [2.24, 2.45) is 0 Å². The number of rotatable bonds is 6. The molecular formula is C62H37N5O. The molecule has 1 N–H and O–H groups in total. The van der Waals surface area contributed by atoms with Crippen molar-refractivity contribution >= 4 is 93.6 Å². The maximum atomic E-state index is 11.0. The second-order valence-corrected chi connectivity index (χ2v) is 17.6. The molecule has 0 fully saturated rings. The van der Waals surface area contributed by atoms with E-state index in [0.717, 1.165) is 116 Å². The zero-order chi connectivity index (χ0) is 45.0. The van der Waals surface area contributed by atoms with E-state index < -0.39 is 0 Å². The van der Waals surface area contributed by atoms with Crippen LogP contribution in [0.15, 0.2) is 217 Å². The molecule has 14 aromatic rings. The Morgan fingerprint density at radius 2 is 0.926 bits per heavy atom. The predicted molar refractivity (Wildman–Crippen MR) is 280 cm³/mol. The quantitative estimate of drug-likeness (QED) is 0.169. The second kappa shape index (κ2) is 14.5. The second-order valence-electron chi connectivity index (χ2n) is 17.6. The Bertz CT molecular complexity index is 4310. The smallest absolute Gasteiger partial charge is 0.145 e. The number of furan rings is 1. The molecule has 4 aromatic heterocycles. The average molecular weight is 868 g/mol. The van der Waals surface area contributed by atoms with Gasteiger partial charge in [-0.1, -0.05) is 127 Å². The Kier molecular flexibility index (Phi) is 8.10. The van der Waals surface area contributed by atoms with E-state index in [9.17, 15) is 5.26 Å². The first-order valence-electron chi connectivity index (χ1n) is 22.8. The topological polar surface area (TPSA) is 75.6 Å². The number of nitriles is 1. The van der Waals surface area contributed by atoms with Crippen molar-refractivity contribution in [2.45, 2.75) is 0 Å². The van der Waals surface area contributed by atoms with Crippen LogP contribution in [0.2, 0.25) is 0 Å². The van der Waals surface area contributed by atoms with E-state index in [4.69, 9.17) is 9.83 Å². The van der Waals surface area contributed by atoms with E-state index in [1.54, 1.807) is 0 Å². The van der Waals surface area contributed by atoms with Crippen LogP contribution in [-0.4, -0.2) is 19.9 Å². The highest BCUT2D eigenvalue weighted by atomic mass is 16.3. The zero-order valence-corrected chi connectivity index (χ0v) is 36.5. The summed E-state index contributed by atoms with van der Waals surface area (Å²) in [6.07, 6.45) is 1.37. The van der Waals surface area contributed by atoms with E-state index in [1.807, 2.05) is 30.3 Å². The van der Waals surface area contributed by atoms with Gasteiger partial charge in [-0.3, -0.25) is 0 Å². The van der Waals surface area contributed by atoms with Crippen molar-refractivity contribution in [2.75, 3.05) is 0 Å². The summed E-state index contributed by atoms with van der Waals surface area (Å²) in [7, 11) is 0. The molecule has 0 aliphatic heterocycles. The maximum absolute atomic E-state index is 11.0. The van der Waals surface area contributed by atoms with Gasteiger partial charge in [0, 0.05) is 55.2 Å². The normalized spacial score (nSPS) is 11.9. The highest BCUT2D eigenvalue weighted by Crippen LogP contribution is 2.44. The molecule has 0 unspecified atom stereocenters. The molecule has 6 heteroatoms. The lowest BCUT2D eigenvalue weighted by molar-refractivity contribution is 0.673. The van der Waals surface area contributed by atoms with E-state index in [0.29, 0.717) is 11.1 Å². The average Bonchev–Trinajstić information content (AvgIpc) is 4.14. The SMILES string of the molecule is N#Cc1cc(C=N)c(-n2c3ccc(-n4c5ccccc5c5ccccc54)cc3c3c4oc5ccccc5c4ccc32)cc1-n1c2ccc(-c3ccccc3)cc2c2cc(-c3ccccc3)ccc21. The predicted octanol–water partition coefficient (Wildman–Crippen LogP) is 16.1. The van der Waals surface area contributed by atoms with Crippen LogP contribution in [0, 0.1) is 16.7 Å². The molecule has 68 heavy (non-hydrogen) atoms. The molecular weight excluding hydrogens is 831 g/mol. The van der Waals surface area contributed by atoms with Crippen molar-refractivity contribution in [3.8, 4) is 45.4 Å². The summed E-state index contributed by atoms with van der Waals surface area (Å²) in [5.41, 5.74) is 15.9. The molecule has 316 valence electrons. The number of para-hydroxylation sites is 3. The minimum absolute atomic E-state index is 0.472. The molecule has 0 aliphatic rings. The van der Waals surface area contributed by atoms with Crippen LogP contribution in [-0.2, 0) is 0 Å². The molecule has 0 radical (unpaired) electrons. The fourth-order valence-electron chi connectivity index (χ4n) is 11.0. The zero-order valence-electron chi connectivity index (χ0n) is 36.5. The first-order chi connectivity index (χ1) is 33.6. The number of nitrogens with one attached hydrogen (secondary N) is 1. The van der Waals surface area contributed by atoms with Gasteiger partial charge in [0.15, 0.2) is 0 Å². The van der Waals surface area contributed by atoms with Gasteiger partial charge in [-0.05, 0) is 107 Å². The molecule has 14 rings (SSSR count). The lowest BCUT2D eigenvalue weighted by Crippen LogP contribution is -2.05. The van der Waals surface area contributed by atoms with E-state index in [1.165, 1.54) is 17.0 Å². The van der Waals surface area contributed by atoms with Crippen LogP contribution in [0.4, 0.5) is 0 Å². The van der Waals surface area contributed by atoms with Crippen LogP contribution in [0.5, 0.6) is 0 Å². The van der Waals surface area contributed by atoms with Gasteiger partial charge in [-0.25, -0.2) is 0 Å². The fourth-order valence-corrected chi connectivity index (χ4v) is 11.0. The lowest BCUT2D eigenvalue weighted by atomic mass is 10.0. The Labute approximate surface area is 389 Å². The van der Waals surface area contributed by atoms with Gasteiger partial charge >= 0.3 is 0 Å². The standard InChI is InChI=1S/C62H37N5O/c63-36-42-31-43(37-64)59(35-58(42)66-54-27-23-40(38-13-3-1-4-14-38)32-49(54)50-33-41(24-28-55(50)66)39-15-5-2-6-16-39)67-56-29-25-44(65-52-20-10-7-17-45(52)46-18-8-11-21-53(46)65)34-51(56)61-57(67)30-26-48-47-19-9-12-22-60(47)68-62(48)61/h1-35,37,64H. The highest BCUT2D eigenvalue weighted by molar-refractivity contribution is 6.24. The molecule has 0 saturated carbocycles. The minimum atomic E-state index is 0.472. The van der Waals surface area contributed by atoms with Crippen molar-refractivity contribution in [1.29, 1.82) is 10.7 Å². The van der Waals surface area contributed by atoms with Gasteiger partial charge in [0.25, 0.3) is 0 Å². The molecule has 0 aliphatic carbocycles. The maximum Gasteiger partial charge on any atom is 0.145 e. The summed E-state index contributed by atoms with van der Waals surface area (Å²) in [5, 5.41) is 28.6. The van der Waals surface area contributed by atoms with Gasteiger partial charge in [-0.15, -0.1) is 0 Å².